The molecule has 1 aliphatic rings. The number of hydrogen-bond donors (Lipinski definition) is 2. The Balaban J connectivity index is 1.66. The van der Waals surface area contributed by atoms with Gasteiger partial charge in [0.1, 0.15) is 5.75 Å². The molecule has 2 aromatic rings. The van der Waals surface area contributed by atoms with E-state index in [4.69, 9.17) is 10.5 Å². The van der Waals surface area contributed by atoms with Crippen LogP contribution in [-0.4, -0.2) is 44.2 Å². The predicted octanol–water partition coefficient (Wildman–Crippen LogP) is 1.98. The van der Waals surface area contributed by atoms with E-state index in [2.05, 4.69) is 5.32 Å². The number of nitrogens with zero attached hydrogens (tertiary/aromatic N) is 1. The fourth-order valence-corrected chi connectivity index (χ4v) is 4.69. The van der Waals surface area contributed by atoms with Crippen LogP contribution in [0.5, 0.6) is 5.75 Å². The van der Waals surface area contributed by atoms with Crippen molar-refractivity contribution in [3.05, 3.63) is 54.1 Å². The largest absolute Gasteiger partial charge is 0.483 e. The zero-order valence-electron chi connectivity index (χ0n) is 15.8. The molecule has 154 valence electrons. The van der Waals surface area contributed by atoms with Gasteiger partial charge < -0.3 is 15.8 Å². The molecule has 3 N–H and O–H groups in total. The summed E-state index contributed by atoms with van der Waals surface area (Å²) in [6.07, 6.45) is 2.72. The minimum absolute atomic E-state index is 0.136. The van der Waals surface area contributed by atoms with Gasteiger partial charge in [-0.1, -0.05) is 24.6 Å². The van der Waals surface area contributed by atoms with Gasteiger partial charge in [-0.05, 0) is 43.2 Å². The molecule has 29 heavy (non-hydrogen) atoms. The third-order valence-corrected chi connectivity index (χ3v) is 6.48. The summed E-state index contributed by atoms with van der Waals surface area (Å²) in [5.74, 6) is -0.940. The van der Waals surface area contributed by atoms with E-state index in [0.29, 0.717) is 18.8 Å². The molecule has 2 amide bonds. The molecular weight excluding hydrogens is 394 g/mol. The monoisotopic (exact) mass is 417 g/mol. The zero-order valence-corrected chi connectivity index (χ0v) is 16.7. The summed E-state index contributed by atoms with van der Waals surface area (Å²) < 4.78 is 32.4. The molecule has 9 heteroatoms. The van der Waals surface area contributed by atoms with E-state index in [1.807, 2.05) is 0 Å². The number of nitrogens with one attached hydrogen (secondary N) is 1. The Morgan fingerprint density at radius 2 is 1.76 bits per heavy atom. The van der Waals surface area contributed by atoms with Gasteiger partial charge in [0.25, 0.3) is 11.8 Å². The second-order valence-corrected chi connectivity index (χ2v) is 8.63. The lowest BCUT2D eigenvalue weighted by Crippen LogP contribution is -2.35. The molecule has 1 aliphatic heterocycles. The third kappa shape index (κ3) is 5.12. The van der Waals surface area contributed by atoms with Crippen LogP contribution in [0.3, 0.4) is 0 Å². The van der Waals surface area contributed by atoms with Crippen molar-refractivity contribution in [2.45, 2.75) is 24.2 Å². The average molecular weight is 417 g/mol. The van der Waals surface area contributed by atoms with E-state index in [9.17, 15) is 18.0 Å². The number of carbonyl (C=O) groups excluding carboxylic acids is 2. The molecule has 1 saturated heterocycles. The molecule has 3 rings (SSSR count). The van der Waals surface area contributed by atoms with Crippen molar-refractivity contribution in [1.29, 1.82) is 0 Å². The Morgan fingerprint density at radius 1 is 1.03 bits per heavy atom. The molecule has 1 fully saturated rings. The van der Waals surface area contributed by atoms with E-state index in [0.717, 1.165) is 19.3 Å². The lowest BCUT2D eigenvalue weighted by Gasteiger charge is -2.26. The molecule has 1 heterocycles. The Hall–Kier alpha value is -2.91. The third-order valence-electron chi connectivity index (χ3n) is 4.58. The van der Waals surface area contributed by atoms with Gasteiger partial charge in [-0.2, -0.15) is 4.31 Å². The number of carbonyl (C=O) groups is 2. The van der Waals surface area contributed by atoms with Crippen LogP contribution in [0, 0.1) is 0 Å². The highest BCUT2D eigenvalue weighted by Crippen LogP contribution is 2.23. The first-order valence-electron chi connectivity index (χ1n) is 9.29. The summed E-state index contributed by atoms with van der Waals surface area (Å²) >= 11 is 0. The van der Waals surface area contributed by atoms with Gasteiger partial charge in [0.05, 0.1) is 10.5 Å². The molecule has 0 saturated carbocycles. The smallest absolute Gasteiger partial charge is 0.262 e. The lowest BCUT2D eigenvalue weighted by atomic mass is 10.2. The lowest BCUT2D eigenvalue weighted by molar-refractivity contribution is -0.118. The van der Waals surface area contributed by atoms with Crippen LogP contribution in [0.1, 0.15) is 29.6 Å². The number of nitrogens with two attached hydrogens (primary N) is 1. The van der Waals surface area contributed by atoms with Crippen molar-refractivity contribution in [1.82, 2.24) is 4.31 Å². The first-order chi connectivity index (χ1) is 13.9. The summed E-state index contributed by atoms with van der Waals surface area (Å²) in [6, 6.07) is 12.5. The molecule has 0 atom stereocenters. The van der Waals surface area contributed by atoms with E-state index >= 15 is 0 Å². The minimum Gasteiger partial charge on any atom is -0.483 e. The second-order valence-electron chi connectivity index (χ2n) is 6.69. The number of sulfonamides is 1. The maximum atomic E-state index is 12.8. The number of benzene rings is 2. The molecule has 8 nitrogen and oxygen atoms in total. The summed E-state index contributed by atoms with van der Waals surface area (Å²) in [5, 5.41) is 2.61. The van der Waals surface area contributed by atoms with Crippen molar-refractivity contribution >= 4 is 27.5 Å². The standard InChI is InChI=1S/C20H23N3O5S/c21-20(25)17-9-2-3-10-18(17)28-14-19(24)22-15-7-6-8-16(13-15)29(26,27)23-11-4-1-5-12-23/h2-3,6-10,13H,1,4-5,11-12,14H2,(H2,21,25)(H,22,24). The van der Waals surface area contributed by atoms with Crippen molar-refractivity contribution in [3.8, 4) is 5.75 Å². The molecular formula is C20H23N3O5S. The molecule has 0 spiro atoms. The van der Waals surface area contributed by atoms with Gasteiger partial charge in [-0.15, -0.1) is 0 Å². The first-order valence-corrected chi connectivity index (χ1v) is 10.7. The highest BCUT2D eigenvalue weighted by atomic mass is 32.2. The van der Waals surface area contributed by atoms with Crippen LogP contribution in [0.2, 0.25) is 0 Å². The van der Waals surface area contributed by atoms with Crippen LogP contribution in [0.4, 0.5) is 5.69 Å². The van der Waals surface area contributed by atoms with Crippen LogP contribution >= 0.6 is 0 Å². The van der Waals surface area contributed by atoms with E-state index in [-0.39, 0.29) is 22.8 Å². The van der Waals surface area contributed by atoms with Gasteiger partial charge in [-0.3, -0.25) is 9.59 Å². The maximum Gasteiger partial charge on any atom is 0.262 e. The number of hydrogen-bond acceptors (Lipinski definition) is 5. The topological polar surface area (TPSA) is 119 Å². The average Bonchev–Trinajstić information content (AvgIpc) is 2.73. The number of para-hydroxylation sites is 1. The van der Waals surface area contributed by atoms with E-state index < -0.39 is 21.8 Å². The van der Waals surface area contributed by atoms with Gasteiger partial charge in [0, 0.05) is 18.8 Å². The van der Waals surface area contributed by atoms with Crippen LogP contribution in [0.25, 0.3) is 0 Å². The number of piperidine rings is 1. The predicted molar refractivity (Wildman–Crippen MR) is 108 cm³/mol. The van der Waals surface area contributed by atoms with E-state index in [1.165, 1.54) is 22.5 Å². The quantitative estimate of drug-likeness (QED) is 0.714. The van der Waals surface area contributed by atoms with E-state index in [1.54, 1.807) is 30.3 Å². The summed E-state index contributed by atoms with van der Waals surface area (Å²) in [6.45, 7) is 0.658. The van der Waals surface area contributed by atoms with Crippen LogP contribution in [-0.2, 0) is 14.8 Å². The van der Waals surface area contributed by atoms with Gasteiger partial charge in [-0.25, -0.2) is 8.42 Å². The highest BCUT2D eigenvalue weighted by Gasteiger charge is 2.26. The maximum absolute atomic E-state index is 12.8. The van der Waals surface area contributed by atoms with Crippen molar-refractivity contribution in [3.63, 3.8) is 0 Å². The molecule has 0 aliphatic carbocycles. The number of ether oxygens (including phenoxy) is 1. The van der Waals surface area contributed by atoms with Crippen molar-refractivity contribution < 1.29 is 22.7 Å². The number of primary amides is 1. The second kappa shape index (κ2) is 9.06. The summed E-state index contributed by atoms with van der Waals surface area (Å²) in [4.78, 5) is 23.8. The SMILES string of the molecule is NC(=O)c1ccccc1OCC(=O)Nc1cccc(S(=O)(=O)N2CCCCC2)c1. The molecule has 0 radical (unpaired) electrons. The highest BCUT2D eigenvalue weighted by molar-refractivity contribution is 7.89. The Kier molecular flexibility index (Phi) is 6.50. The van der Waals surface area contributed by atoms with Crippen LogP contribution in [0.15, 0.2) is 53.4 Å². The number of amides is 2. The number of anilines is 1. The minimum atomic E-state index is -3.59. The molecule has 2 aromatic carbocycles. The Labute approximate surface area is 169 Å². The van der Waals surface area contributed by atoms with Gasteiger partial charge in [0.2, 0.25) is 10.0 Å². The van der Waals surface area contributed by atoms with Crippen molar-refractivity contribution in [2.75, 3.05) is 25.0 Å². The zero-order chi connectivity index (χ0) is 20.9. The molecule has 0 unspecified atom stereocenters. The number of rotatable bonds is 7. The fraction of sp³-hybridized carbons (Fsp3) is 0.300. The first kappa shape index (κ1) is 20.8. The van der Waals surface area contributed by atoms with Crippen molar-refractivity contribution in [2.24, 2.45) is 5.73 Å². The van der Waals surface area contributed by atoms with Crippen LogP contribution < -0.4 is 15.8 Å². The molecule has 0 bridgehead atoms. The Morgan fingerprint density at radius 3 is 2.48 bits per heavy atom. The fourth-order valence-electron chi connectivity index (χ4n) is 3.13. The van der Waals surface area contributed by atoms with Gasteiger partial charge in [0.15, 0.2) is 6.61 Å². The normalized spacial score (nSPS) is 14.9. The molecule has 0 aromatic heterocycles. The Bertz CT molecular complexity index is 1000. The van der Waals surface area contributed by atoms with Gasteiger partial charge >= 0.3 is 0 Å². The summed E-state index contributed by atoms with van der Waals surface area (Å²) in [5.41, 5.74) is 5.81. The summed E-state index contributed by atoms with van der Waals surface area (Å²) in [7, 11) is -3.59.